The molecule has 0 aliphatic carbocycles. The fourth-order valence-electron chi connectivity index (χ4n) is 2.66. The van der Waals surface area contributed by atoms with Crippen LogP contribution in [0.3, 0.4) is 0 Å². The first-order valence-corrected chi connectivity index (χ1v) is 9.40. The first-order valence-electron chi connectivity index (χ1n) is 9.02. The standard InChI is InChI=1S/C24H19ClO5/c1-28-22-14-8-18(15-23(22)29-2)24(27)30-20-11-6-17(7-12-20)21(26)13-5-16-3-9-19(25)10-4-16/h3-15H,1-2H3. The number of esters is 1. The van der Waals surface area contributed by atoms with Crippen LogP contribution >= 0.6 is 11.6 Å². The number of allylic oxidation sites excluding steroid dienone is 1. The second-order valence-corrected chi connectivity index (χ2v) is 6.67. The first-order chi connectivity index (χ1) is 14.5. The fourth-order valence-corrected chi connectivity index (χ4v) is 2.78. The van der Waals surface area contributed by atoms with E-state index >= 15 is 0 Å². The quantitative estimate of drug-likeness (QED) is 0.218. The largest absolute Gasteiger partial charge is 0.493 e. The Kier molecular flexibility index (Phi) is 6.88. The van der Waals surface area contributed by atoms with Crippen LogP contribution in [0.25, 0.3) is 6.08 Å². The summed E-state index contributed by atoms with van der Waals surface area (Å²) in [5.41, 5.74) is 1.66. The Morgan fingerprint density at radius 1 is 0.800 bits per heavy atom. The molecule has 0 atom stereocenters. The summed E-state index contributed by atoms with van der Waals surface area (Å²) in [6.45, 7) is 0. The first kappa shape index (κ1) is 21.1. The van der Waals surface area contributed by atoms with E-state index in [-0.39, 0.29) is 5.78 Å². The summed E-state index contributed by atoms with van der Waals surface area (Å²) in [5, 5.41) is 0.636. The van der Waals surface area contributed by atoms with Crippen molar-refractivity contribution in [1.29, 1.82) is 0 Å². The van der Waals surface area contributed by atoms with Gasteiger partial charge in [-0.15, -0.1) is 0 Å². The molecule has 0 heterocycles. The maximum Gasteiger partial charge on any atom is 0.343 e. The second kappa shape index (κ2) is 9.76. The number of carbonyl (C=O) groups is 2. The molecule has 152 valence electrons. The molecule has 0 spiro atoms. The lowest BCUT2D eigenvalue weighted by Crippen LogP contribution is -2.09. The molecule has 3 aromatic carbocycles. The van der Waals surface area contributed by atoms with E-state index in [1.54, 1.807) is 60.7 Å². The lowest BCUT2D eigenvalue weighted by atomic mass is 10.1. The number of methoxy groups -OCH3 is 2. The molecule has 0 unspecified atom stereocenters. The molecule has 0 amide bonds. The highest BCUT2D eigenvalue weighted by molar-refractivity contribution is 6.30. The molecule has 6 heteroatoms. The molecule has 30 heavy (non-hydrogen) atoms. The van der Waals surface area contributed by atoms with Crippen molar-refractivity contribution in [2.75, 3.05) is 14.2 Å². The summed E-state index contributed by atoms with van der Waals surface area (Å²) in [6.07, 6.45) is 3.19. The van der Waals surface area contributed by atoms with Crippen molar-refractivity contribution in [3.63, 3.8) is 0 Å². The average molecular weight is 423 g/mol. The number of benzene rings is 3. The molecule has 0 saturated carbocycles. The highest BCUT2D eigenvalue weighted by Crippen LogP contribution is 2.28. The maximum atomic E-state index is 12.4. The molecule has 0 fully saturated rings. The van der Waals surface area contributed by atoms with Gasteiger partial charge in [-0.3, -0.25) is 4.79 Å². The van der Waals surface area contributed by atoms with Crippen molar-refractivity contribution >= 4 is 29.4 Å². The van der Waals surface area contributed by atoms with Crippen LogP contribution in [-0.4, -0.2) is 26.0 Å². The van der Waals surface area contributed by atoms with E-state index in [1.807, 2.05) is 12.1 Å². The number of ketones is 1. The summed E-state index contributed by atoms with van der Waals surface area (Å²) in [5.74, 6) is 0.567. The van der Waals surface area contributed by atoms with E-state index in [2.05, 4.69) is 0 Å². The number of carbonyl (C=O) groups excluding carboxylic acids is 2. The van der Waals surface area contributed by atoms with E-state index < -0.39 is 5.97 Å². The van der Waals surface area contributed by atoms with Crippen LogP contribution in [-0.2, 0) is 0 Å². The molecule has 0 aliphatic heterocycles. The Labute approximate surface area is 179 Å². The van der Waals surface area contributed by atoms with Crippen LogP contribution in [0.15, 0.2) is 72.8 Å². The third-order valence-electron chi connectivity index (χ3n) is 4.27. The van der Waals surface area contributed by atoms with Crippen molar-refractivity contribution in [3.8, 4) is 17.2 Å². The van der Waals surface area contributed by atoms with Gasteiger partial charge in [-0.2, -0.15) is 0 Å². The van der Waals surface area contributed by atoms with Gasteiger partial charge in [0.25, 0.3) is 0 Å². The molecule has 0 aliphatic rings. The predicted molar refractivity (Wildman–Crippen MR) is 116 cm³/mol. The van der Waals surface area contributed by atoms with Gasteiger partial charge < -0.3 is 14.2 Å². The van der Waals surface area contributed by atoms with Crippen LogP contribution in [0.5, 0.6) is 17.2 Å². The normalized spacial score (nSPS) is 10.6. The lowest BCUT2D eigenvalue weighted by molar-refractivity contribution is 0.0734. The van der Waals surface area contributed by atoms with Crippen LogP contribution < -0.4 is 14.2 Å². The SMILES string of the molecule is COc1ccc(C(=O)Oc2ccc(C(=O)C=Cc3ccc(Cl)cc3)cc2)cc1OC. The summed E-state index contributed by atoms with van der Waals surface area (Å²) in [7, 11) is 3.01. The van der Waals surface area contributed by atoms with Crippen molar-refractivity contribution < 1.29 is 23.8 Å². The van der Waals surface area contributed by atoms with Gasteiger partial charge in [0.1, 0.15) is 5.75 Å². The van der Waals surface area contributed by atoms with Crippen LogP contribution in [0.4, 0.5) is 0 Å². The second-order valence-electron chi connectivity index (χ2n) is 6.23. The molecule has 0 radical (unpaired) electrons. The molecule has 3 rings (SSSR count). The van der Waals surface area contributed by atoms with Crippen molar-refractivity contribution in [2.45, 2.75) is 0 Å². The molecule has 0 saturated heterocycles. The Morgan fingerprint density at radius 3 is 2.07 bits per heavy atom. The molecule has 0 aromatic heterocycles. The summed E-state index contributed by atoms with van der Waals surface area (Å²) < 4.78 is 15.7. The van der Waals surface area contributed by atoms with E-state index in [4.69, 9.17) is 25.8 Å². The van der Waals surface area contributed by atoms with Gasteiger partial charge >= 0.3 is 5.97 Å². The Morgan fingerprint density at radius 2 is 1.43 bits per heavy atom. The topological polar surface area (TPSA) is 61.8 Å². The predicted octanol–water partition coefficient (Wildman–Crippen LogP) is 5.47. The van der Waals surface area contributed by atoms with Crippen molar-refractivity contribution in [3.05, 3.63) is 94.5 Å². The van der Waals surface area contributed by atoms with Gasteiger partial charge in [-0.05, 0) is 66.2 Å². The van der Waals surface area contributed by atoms with Crippen molar-refractivity contribution in [1.82, 2.24) is 0 Å². The van der Waals surface area contributed by atoms with Crippen molar-refractivity contribution in [2.24, 2.45) is 0 Å². The number of rotatable bonds is 7. The summed E-state index contributed by atoms with van der Waals surface area (Å²) in [4.78, 5) is 24.7. The number of halogens is 1. The molecule has 0 bridgehead atoms. The Hall–Kier alpha value is -3.57. The van der Waals surface area contributed by atoms with E-state index in [0.717, 1.165) is 5.56 Å². The maximum absolute atomic E-state index is 12.4. The minimum absolute atomic E-state index is 0.164. The van der Waals surface area contributed by atoms with Crippen LogP contribution in [0, 0.1) is 0 Å². The molecular formula is C24H19ClO5. The van der Waals surface area contributed by atoms with Crippen LogP contribution in [0.1, 0.15) is 26.3 Å². The summed E-state index contributed by atoms with van der Waals surface area (Å²) >= 11 is 5.85. The zero-order valence-corrected chi connectivity index (χ0v) is 17.2. The van der Waals surface area contributed by atoms with Gasteiger partial charge in [0, 0.05) is 10.6 Å². The zero-order chi connectivity index (χ0) is 21.5. The Bertz CT molecular complexity index is 1070. The lowest BCUT2D eigenvalue weighted by Gasteiger charge is -2.09. The number of hydrogen-bond acceptors (Lipinski definition) is 5. The highest BCUT2D eigenvalue weighted by atomic mass is 35.5. The fraction of sp³-hybridized carbons (Fsp3) is 0.0833. The smallest absolute Gasteiger partial charge is 0.343 e. The third-order valence-corrected chi connectivity index (χ3v) is 4.52. The van der Waals surface area contributed by atoms with E-state index in [9.17, 15) is 9.59 Å². The summed E-state index contributed by atoms with van der Waals surface area (Å²) in [6, 6.07) is 18.3. The minimum atomic E-state index is -0.544. The van der Waals surface area contributed by atoms with Gasteiger partial charge in [0.05, 0.1) is 19.8 Å². The third kappa shape index (κ3) is 5.27. The van der Waals surface area contributed by atoms with Gasteiger partial charge in [-0.1, -0.05) is 29.8 Å². The Balaban J connectivity index is 1.66. The molecule has 0 N–H and O–H groups in total. The van der Waals surface area contributed by atoms with E-state index in [1.165, 1.54) is 20.3 Å². The minimum Gasteiger partial charge on any atom is -0.493 e. The molecule has 3 aromatic rings. The number of ether oxygens (including phenoxy) is 3. The van der Waals surface area contributed by atoms with E-state index in [0.29, 0.717) is 33.4 Å². The monoisotopic (exact) mass is 422 g/mol. The van der Waals surface area contributed by atoms with Gasteiger partial charge in [0.15, 0.2) is 17.3 Å². The zero-order valence-electron chi connectivity index (χ0n) is 16.4. The highest BCUT2D eigenvalue weighted by Gasteiger charge is 2.13. The van der Waals surface area contributed by atoms with Crippen LogP contribution in [0.2, 0.25) is 5.02 Å². The molecule has 5 nitrogen and oxygen atoms in total. The average Bonchev–Trinajstić information content (AvgIpc) is 2.78. The molecular weight excluding hydrogens is 404 g/mol. The van der Waals surface area contributed by atoms with Gasteiger partial charge in [-0.25, -0.2) is 4.79 Å². The number of hydrogen-bond donors (Lipinski definition) is 0. The van der Waals surface area contributed by atoms with Gasteiger partial charge in [0.2, 0.25) is 0 Å².